The van der Waals surface area contributed by atoms with Crippen molar-refractivity contribution in [3.8, 4) is 0 Å². The standard InChI is InChI=1S/C22H26ClN3O3S2.ClH/c1-15-5-8-17(9-6-15)31(28,29)14-11-19(27)26(13-12-25(3)4)22-24-20-16(2)7-10-18(23)21(20)30-22;/h5-10H,11-14H2,1-4H3;1H. The van der Waals surface area contributed by atoms with Crippen LogP contribution < -0.4 is 4.90 Å². The van der Waals surface area contributed by atoms with Crippen molar-refractivity contribution in [2.75, 3.05) is 37.8 Å². The van der Waals surface area contributed by atoms with Gasteiger partial charge in [-0.15, -0.1) is 12.4 Å². The number of nitrogens with zero attached hydrogens (tertiary/aromatic N) is 3. The maximum absolute atomic E-state index is 13.1. The first-order valence-corrected chi connectivity index (χ1v) is 12.7. The van der Waals surface area contributed by atoms with Gasteiger partial charge >= 0.3 is 0 Å². The monoisotopic (exact) mass is 515 g/mol. The molecule has 2 aromatic carbocycles. The number of hydrogen-bond donors (Lipinski definition) is 0. The van der Waals surface area contributed by atoms with E-state index in [1.807, 2.05) is 45.0 Å². The highest BCUT2D eigenvalue weighted by molar-refractivity contribution is 7.91. The molecule has 3 aromatic rings. The highest BCUT2D eigenvalue weighted by atomic mass is 35.5. The fraction of sp³-hybridized carbons (Fsp3) is 0.364. The van der Waals surface area contributed by atoms with Gasteiger partial charge in [-0.3, -0.25) is 9.69 Å². The summed E-state index contributed by atoms with van der Waals surface area (Å²) >= 11 is 7.69. The Morgan fingerprint density at radius 3 is 2.31 bits per heavy atom. The first-order valence-electron chi connectivity index (χ1n) is 9.88. The van der Waals surface area contributed by atoms with Gasteiger partial charge in [0.2, 0.25) is 5.91 Å². The van der Waals surface area contributed by atoms with Crippen LogP contribution in [0.4, 0.5) is 5.13 Å². The second-order valence-corrected chi connectivity index (χ2v) is 11.3. The smallest absolute Gasteiger partial charge is 0.229 e. The van der Waals surface area contributed by atoms with Crippen LogP contribution >= 0.6 is 35.3 Å². The minimum Gasteiger partial charge on any atom is -0.308 e. The molecule has 0 bridgehead atoms. The number of likely N-dealkylation sites (N-methyl/N-ethyl adjacent to an activating group) is 1. The summed E-state index contributed by atoms with van der Waals surface area (Å²) in [6.07, 6.45) is -0.119. The van der Waals surface area contributed by atoms with Crippen LogP contribution in [0.15, 0.2) is 41.3 Å². The molecule has 0 atom stereocenters. The number of amides is 1. The number of sulfone groups is 1. The third-order valence-corrected chi connectivity index (χ3v) is 8.22. The Morgan fingerprint density at radius 2 is 1.72 bits per heavy atom. The van der Waals surface area contributed by atoms with Crippen LogP contribution in [0.3, 0.4) is 0 Å². The van der Waals surface area contributed by atoms with Crippen LogP contribution in [-0.2, 0) is 14.6 Å². The molecule has 1 aromatic heterocycles. The highest BCUT2D eigenvalue weighted by Crippen LogP contribution is 2.35. The molecule has 0 radical (unpaired) electrons. The lowest BCUT2D eigenvalue weighted by atomic mass is 10.2. The summed E-state index contributed by atoms with van der Waals surface area (Å²) in [6.45, 7) is 4.88. The molecule has 0 spiro atoms. The van der Waals surface area contributed by atoms with Crippen molar-refractivity contribution in [2.24, 2.45) is 0 Å². The number of hydrogen-bond acceptors (Lipinski definition) is 6. The van der Waals surface area contributed by atoms with E-state index < -0.39 is 9.84 Å². The van der Waals surface area contributed by atoms with Gasteiger partial charge in [0.05, 0.1) is 25.9 Å². The molecule has 6 nitrogen and oxygen atoms in total. The third-order valence-electron chi connectivity index (χ3n) is 4.95. The number of carbonyl (C=O) groups is 1. The lowest BCUT2D eigenvalue weighted by Gasteiger charge is -2.22. The number of aryl methyl sites for hydroxylation is 2. The zero-order valence-corrected chi connectivity index (χ0v) is 21.7. The SMILES string of the molecule is Cc1ccc(S(=O)(=O)CCC(=O)N(CCN(C)C)c2nc3c(C)ccc(Cl)c3s2)cc1.Cl. The minimum atomic E-state index is -3.55. The van der Waals surface area contributed by atoms with Crippen molar-refractivity contribution < 1.29 is 13.2 Å². The van der Waals surface area contributed by atoms with E-state index in [0.29, 0.717) is 23.2 Å². The maximum atomic E-state index is 13.1. The Hall–Kier alpha value is -1.71. The molecule has 0 aliphatic heterocycles. The molecule has 0 aliphatic rings. The van der Waals surface area contributed by atoms with Gasteiger partial charge in [0.25, 0.3) is 0 Å². The fourth-order valence-electron chi connectivity index (χ4n) is 3.05. The summed E-state index contributed by atoms with van der Waals surface area (Å²) in [5.41, 5.74) is 2.72. The molecule has 0 aliphatic carbocycles. The highest BCUT2D eigenvalue weighted by Gasteiger charge is 2.24. The normalized spacial score (nSPS) is 11.6. The summed E-state index contributed by atoms with van der Waals surface area (Å²) in [4.78, 5) is 21.5. The average molecular weight is 517 g/mol. The Balaban J connectivity index is 0.00000363. The summed E-state index contributed by atoms with van der Waals surface area (Å²) in [7, 11) is 0.288. The molecule has 3 rings (SSSR count). The summed E-state index contributed by atoms with van der Waals surface area (Å²) < 4.78 is 26.2. The number of halogens is 2. The number of thiazole rings is 1. The first-order chi connectivity index (χ1) is 14.6. The number of carbonyl (C=O) groups excluding carboxylic acids is 1. The molecule has 32 heavy (non-hydrogen) atoms. The molecule has 0 saturated heterocycles. The van der Waals surface area contributed by atoms with Crippen LogP contribution in [0.2, 0.25) is 5.02 Å². The van der Waals surface area contributed by atoms with Crippen molar-refractivity contribution in [3.63, 3.8) is 0 Å². The van der Waals surface area contributed by atoms with Gasteiger partial charge in [0.1, 0.15) is 0 Å². The van der Waals surface area contributed by atoms with Crippen molar-refractivity contribution in [2.45, 2.75) is 25.2 Å². The van der Waals surface area contributed by atoms with Gasteiger partial charge in [-0.1, -0.05) is 46.7 Å². The minimum absolute atomic E-state index is 0. The largest absolute Gasteiger partial charge is 0.308 e. The molecule has 10 heteroatoms. The lowest BCUT2D eigenvalue weighted by molar-refractivity contribution is -0.118. The molecule has 1 amide bonds. The summed E-state index contributed by atoms with van der Waals surface area (Å²) in [5.74, 6) is -0.525. The molecular formula is C22H27Cl2N3O3S2. The van der Waals surface area contributed by atoms with Gasteiger partial charge in [-0.2, -0.15) is 0 Å². The van der Waals surface area contributed by atoms with Crippen LogP contribution in [0.25, 0.3) is 10.2 Å². The topological polar surface area (TPSA) is 70.6 Å². The van der Waals surface area contributed by atoms with E-state index in [0.717, 1.165) is 21.3 Å². The lowest BCUT2D eigenvalue weighted by Crippen LogP contribution is -2.37. The second-order valence-electron chi connectivity index (χ2n) is 7.77. The quantitative estimate of drug-likeness (QED) is 0.432. The number of fused-ring (bicyclic) bond motifs is 1. The third kappa shape index (κ3) is 6.20. The van der Waals surface area contributed by atoms with E-state index in [1.165, 1.54) is 11.3 Å². The number of anilines is 1. The van der Waals surface area contributed by atoms with Crippen LogP contribution in [-0.4, -0.2) is 57.1 Å². The van der Waals surface area contributed by atoms with E-state index in [-0.39, 0.29) is 35.4 Å². The molecule has 174 valence electrons. The van der Waals surface area contributed by atoms with E-state index >= 15 is 0 Å². The van der Waals surface area contributed by atoms with Crippen LogP contribution in [0, 0.1) is 13.8 Å². The fourth-order valence-corrected chi connectivity index (χ4v) is 5.64. The van der Waals surface area contributed by atoms with Crippen LogP contribution in [0.5, 0.6) is 0 Å². The zero-order valence-electron chi connectivity index (χ0n) is 18.5. The molecule has 0 fully saturated rings. The Morgan fingerprint density at radius 1 is 1.06 bits per heavy atom. The molecule has 0 unspecified atom stereocenters. The Labute approximate surface area is 204 Å². The van der Waals surface area contributed by atoms with Gasteiger partial charge in [-0.05, 0) is 51.7 Å². The number of aromatic nitrogens is 1. The van der Waals surface area contributed by atoms with Gasteiger partial charge in [-0.25, -0.2) is 13.4 Å². The van der Waals surface area contributed by atoms with Crippen molar-refractivity contribution in [3.05, 3.63) is 52.5 Å². The maximum Gasteiger partial charge on any atom is 0.229 e. The predicted octanol–water partition coefficient (Wildman–Crippen LogP) is 4.75. The van der Waals surface area contributed by atoms with E-state index in [2.05, 4.69) is 4.98 Å². The number of rotatable bonds is 8. The first kappa shape index (κ1) is 26.5. The number of benzene rings is 2. The Bertz CT molecular complexity index is 1150. The molecule has 0 N–H and O–H groups in total. The molecule has 0 saturated carbocycles. The van der Waals surface area contributed by atoms with E-state index in [9.17, 15) is 13.2 Å². The van der Waals surface area contributed by atoms with Crippen molar-refractivity contribution in [1.29, 1.82) is 0 Å². The van der Waals surface area contributed by atoms with Crippen molar-refractivity contribution in [1.82, 2.24) is 9.88 Å². The van der Waals surface area contributed by atoms with Gasteiger partial charge in [0.15, 0.2) is 15.0 Å². The Kier molecular flexibility index (Phi) is 9.07. The zero-order chi connectivity index (χ0) is 22.8. The van der Waals surface area contributed by atoms with Gasteiger partial charge < -0.3 is 4.90 Å². The average Bonchev–Trinajstić information content (AvgIpc) is 3.16. The molecular weight excluding hydrogens is 489 g/mol. The summed E-state index contributed by atoms with van der Waals surface area (Å²) in [5, 5.41) is 1.12. The summed E-state index contributed by atoms with van der Waals surface area (Å²) in [6, 6.07) is 10.4. The predicted molar refractivity (Wildman–Crippen MR) is 135 cm³/mol. The van der Waals surface area contributed by atoms with Crippen molar-refractivity contribution >= 4 is 66.4 Å². The van der Waals surface area contributed by atoms with E-state index in [4.69, 9.17) is 11.6 Å². The van der Waals surface area contributed by atoms with Gasteiger partial charge in [0, 0.05) is 19.5 Å². The van der Waals surface area contributed by atoms with E-state index in [1.54, 1.807) is 29.2 Å². The molecule has 1 heterocycles. The van der Waals surface area contributed by atoms with Crippen LogP contribution in [0.1, 0.15) is 17.5 Å². The second kappa shape index (κ2) is 10.9.